The smallest absolute Gasteiger partial charge is 0.312 e. The highest BCUT2D eigenvalue weighted by Gasteiger charge is 2.22. The van der Waals surface area contributed by atoms with Gasteiger partial charge in [-0.3, -0.25) is 14.9 Å². The lowest BCUT2D eigenvalue weighted by Crippen LogP contribution is -2.43. The maximum atomic E-state index is 12.0. The molecule has 1 amide bonds. The molecule has 2 rings (SSSR count). The summed E-state index contributed by atoms with van der Waals surface area (Å²) in [6.07, 6.45) is 2.86. The first kappa shape index (κ1) is 14.3. The Hall–Kier alpha value is -2.15. The van der Waals surface area contributed by atoms with E-state index < -0.39 is 4.92 Å². The van der Waals surface area contributed by atoms with Crippen LogP contribution in [0.2, 0.25) is 0 Å². The molecule has 1 aliphatic rings. The number of amides is 1. The molecule has 1 aliphatic heterocycles. The van der Waals surface area contributed by atoms with Crippen molar-refractivity contribution in [3.63, 3.8) is 0 Å². The van der Waals surface area contributed by atoms with Gasteiger partial charge >= 0.3 is 5.69 Å². The van der Waals surface area contributed by atoms with Crippen LogP contribution in [0.1, 0.15) is 19.3 Å². The molecule has 1 fully saturated rings. The molecule has 0 bridgehead atoms. The lowest BCUT2D eigenvalue weighted by Gasteiger charge is -2.22. The van der Waals surface area contributed by atoms with Gasteiger partial charge in [0, 0.05) is 11.8 Å². The van der Waals surface area contributed by atoms with Crippen molar-refractivity contribution in [2.75, 3.05) is 19.0 Å². The number of rotatable bonds is 4. The molecule has 1 heterocycles. The number of benzene rings is 1. The molecule has 2 N–H and O–H groups in total. The summed E-state index contributed by atoms with van der Waals surface area (Å²) < 4.78 is 4.92. The number of ether oxygens (including phenoxy) is 1. The molecule has 1 aromatic rings. The zero-order valence-corrected chi connectivity index (χ0v) is 11.2. The zero-order chi connectivity index (χ0) is 14.5. The summed E-state index contributed by atoms with van der Waals surface area (Å²) in [5, 5.41) is 16.7. The molecule has 0 aliphatic carbocycles. The van der Waals surface area contributed by atoms with Crippen molar-refractivity contribution >= 4 is 17.3 Å². The van der Waals surface area contributed by atoms with Crippen molar-refractivity contribution < 1.29 is 14.5 Å². The topological polar surface area (TPSA) is 93.5 Å². The summed E-state index contributed by atoms with van der Waals surface area (Å²) in [5.41, 5.74) is 0.233. The fourth-order valence-electron chi connectivity index (χ4n) is 2.22. The number of hydrogen-bond acceptors (Lipinski definition) is 5. The Morgan fingerprint density at radius 3 is 2.90 bits per heavy atom. The maximum absolute atomic E-state index is 12.0. The molecule has 0 spiro atoms. The van der Waals surface area contributed by atoms with Gasteiger partial charge in [-0.15, -0.1) is 0 Å². The van der Waals surface area contributed by atoms with Crippen molar-refractivity contribution in [3.05, 3.63) is 28.3 Å². The summed E-state index contributed by atoms with van der Waals surface area (Å²) in [6, 6.07) is 4.14. The number of nitro benzene ring substituents is 1. The van der Waals surface area contributed by atoms with E-state index in [1.807, 2.05) is 0 Å². The van der Waals surface area contributed by atoms with E-state index in [0.717, 1.165) is 25.8 Å². The third kappa shape index (κ3) is 3.24. The van der Waals surface area contributed by atoms with Crippen LogP contribution in [-0.4, -0.2) is 30.5 Å². The van der Waals surface area contributed by atoms with E-state index in [2.05, 4.69) is 10.6 Å². The maximum Gasteiger partial charge on any atom is 0.312 e. The van der Waals surface area contributed by atoms with Crippen LogP contribution in [-0.2, 0) is 4.79 Å². The summed E-state index contributed by atoms with van der Waals surface area (Å²) in [4.78, 5) is 22.4. The van der Waals surface area contributed by atoms with Gasteiger partial charge in [0.25, 0.3) is 0 Å². The molecule has 1 atom stereocenters. The number of nitro groups is 1. The monoisotopic (exact) mass is 279 g/mol. The summed E-state index contributed by atoms with van der Waals surface area (Å²) in [6.45, 7) is 0.820. The first-order valence-electron chi connectivity index (χ1n) is 6.48. The fraction of sp³-hybridized carbons (Fsp3) is 0.462. The predicted molar refractivity (Wildman–Crippen MR) is 73.9 cm³/mol. The molecule has 0 aromatic heterocycles. The van der Waals surface area contributed by atoms with E-state index in [-0.39, 0.29) is 23.4 Å². The number of anilines is 1. The van der Waals surface area contributed by atoms with E-state index in [1.165, 1.54) is 19.2 Å². The van der Waals surface area contributed by atoms with E-state index >= 15 is 0 Å². The van der Waals surface area contributed by atoms with Crippen molar-refractivity contribution in [2.45, 2.75) is 25.3 Å². The van der Waals surface area contributed by atoms with Crippen LogP contribution in [0.5, 0.6) is 5.75 Å². The lowest BCUT2D eigenvalue weighted by atomic mass is 10.0. The first-order chi connectivity index (χ1) is 9.61. The summed E-state index contributed by atoms with van der Waals surface area (Å²) >= 11 is 0. The average molecular weight is 279 g/mol. The second-order valence-corrected chi connectivity index (χ2v) is 4.64. The molecule has 1 aromatic carbocycles. The largest absolute Gasteiger partial charge is 0.490 e. The molecule has 108 valence electrons. The second-order valence-electron chi connectivity index (χ2n) is 4.64. The molecule has 20 heavy (non-hydrogen) atoms. The van der Waals surface area contributed by atoms with Gasteiger partial charge in [-0.2, -0.15) is 0 Å². The Bertz CT molecular complexity index is 512. The van der Waals surface area contributed by atoms with Crippen LogP contribution < -0.4 is 15.4 Å². The Kier molecular flexibility index (Phi) is 4.52. The quantitative estimate of drug-likeness (QED) is 0.646. The van der Waals surface area contributed by atoms with Gasteiger partial charge in [0.05, 0.1) is 18.1 Å². The van der Waals surface area contributed by atoms with E-state index in [9.17, 15) is 14.9 Å². The van der Waals surface area contributed by atoms with E-state index in [1.54, 1.807) is 6.07 Å². The summed E-state index contributed by atoms with van der Waals surface area (Å²) in [5.74, 6) is 0.00737. The minimum absolute atomic E-state index is 0.163. The van der Waals surface area contributed by atoms with Crippen LogP contribution in [0.25, 0.3) is 0 Å². The number of methoxy groups -OCH3 is 1. The molecule has 0 unspecified atom stereocenters. The molecular weight excluding hydrogens is 262 g/mol. The molecular formula is C13H17N3O4. The Morgan fingerprint density at radius 1 is 1.50 bits per heavy atom. The van der Waals surface area contributed by atoms with Crippen LogP contribution >= 0.6 is 0 Å². The molecule has 7 heteroatoms. The lowest BCUT2D eigenvalue weighted by molar-refractivity contribution is -0.385. The van der Waals surface area contributed by atoms with Crippen LogP contribution in [0.4, 0.5) is 11.4 Å². The first-order valence-corrected chi connectivity index (χ1v) is 6.48. The molecule has 7 nitrogen and oxygen atoms in total. The summed E-state index contributed by atoms with van der Waals surface area (Å²) in [7, 11) is 1.37. The minimum Gasteiger partial charge on any atom is -0.490 e. The normalized spacial score (nSPS) is 18.4. The third-order valence-electron chi connectivity index (χ3n) is 3.27. The van der Waals surface area contributed by atoms with Crippen molar-refractivity contribution in [2.24, 2.45) is 0 Å². The van der Waals surface area contributed by atoms with E-state index in [4.69, 9.17) is 4.74 Å². The van der Waals surface area contributed by atoms with Gasteiger partial charge in [0.1, 0.15) is 0 Å². The Labute approximate surface area is 116 Å². The second kappa shape index (κ2) is 6.33. The van der Waals surface area contributed by atoms with Crippen molar-refractivity contribution in [1.82, 2.24) is 5.32 Å². The van der Waals surface area contributed by atoms with Crippen LogP contribution in [0.3, 0.4) is 0 Å². The Morgan fingerprint density at radius 2 is 2.30 bits per heavy atom. The highest BCUT2D eigenvalue weighted by atomic mass is 16.6. The third-order valence-corrected chi connectivity index (χ3v) is 3.27. The Balaban J connectivity index is 2.10. The number of nitrogens with one attached hydrogen (secondary N) is 2. The standard InChI is InChI=1S/C13H17N3O4/c1-20-12-6-5-9(8-11(12)16(18)19)15-13(17)10-4-2-3-7-14-10/h5-6,8,10,14H,2-4,7H2,1H3,(H,15,17)/t10-/m0/s1. The van der Waals surface area contributed by atoms with Crippen molar-refractivity contribution in [3.8, 4) is 5.75 Å². The SMILES string of the molecule is COc1ccc(NC(=O)[C@@H]2CCCCN2)cc1[N+](=O)[O-]. The van der Waals surface area contributed by atoms with Gasteiger partial charge in [0.2, 0.25) is 5.91 Å². The van der Waals surface area contributed by atoms with Gasteiger partial charge in [0.15, 0.2) is 5.75 Å². The number of nitrogens with zero attached hydrogens (tertiary/aromatic N) is 1. The molecule has 1 saturated heterocycles. The number of hydrogen-bond donors (Lipinski definition) is 2. The van der Waals surface area contributed by atoms with Crippen LogP contribution in [0.15, 0.2) is 18.2 Å². The van der Waals surface area contributed by atoms with E-state index in [0.29, 0.717) is 5.69 Å². The predicted octanol–water partition coefficient (Wildman–Crippen LogP) is 1.68. The highest BCUT2D eigenvalue weighted by Crippen LogP contribution is 2.29. The molecule has 0 radical (unpaired) electrons. The number of carbonyl (C=O) groups excluding carboxylic acids is 1. The highest BCUT2D eigenvalue weighted by molar-refractivity contribution is 5.95. The van der Waals surface area contributed by atoms with Gasteiger partial charge < -0.3 is 15.4 Å². The van der Waals surface area contributed by atoms with Crippen molar-refractivity contribution in [1.29, 1.82) is 0 Å². The zero-order valence-electron chi connectivity index (χ0n) is 11.2. The number of piperidine rings is 1. The van der Waals surface area contributed by atoms with Gasteiger partial charge in [-0.25, -0.2) is 0 Å². The average Bonchev–Trinajstić information content (AvgIpc) is 2.48. The number of carbonyl (C=O) groups is 1. The van der Waals surface area contributed by atoms with Crippen LogP contribution in [0, 0.1) is 10.1 Å². The van der Waals surface area contributed by atoms with Gasteiger partial charge in [-0.05, 0) is 31.5 Å². The minimum atomic E-state index is -0.534. The fourth-order valence-corrected chi connectivity index (χ4v) is 2.22. The molecule has 0 saturated carbocycles. The van der Waals surface area contributed by atoms with Gasteiger partial charge in [-0.1, -0.05) is 6.42 Å².